The summed E-state index contributed by atoms with van der Waals surface area (Å²) in [6.07, 6.45) is 0. The molecule has 4 rings (SSSR count). The second kappa shape index (κ2) is 6.83. The number of nitrogens with zero attached hydrogens (tertiary/aromatic N) is 2. The maximum atomic E-state index is 12.6. The van der Waals surface area contributed by atoms with Crippen molar-refractivity contribution in [1.29, 1.82) is 0 Å². The highest BCUT2D eigenvalue weighted by atomic mass is 35.5. The second-order valence-electron chi connectivity index (χ2n) is 6.47. The third kappa shape index (κ3) is 3.36. The largest absolute Gasteiger partial charge is 0.368 e. The first-order valence-corrected chi connectivity index (χ1v) is 9.61. The molecule has 1 aliphatic rings. The van der Waals surface area contributed by atoms with Gasteiger partial charge in [-0.1, -0.05) is 29.8 Å². The lowest BCUT2D eigenvalue weighted by atomic mass is 9.97. The number of fused-ring (bicyclic) bond motifs is 1. The number of benzene rings is 2. The molecule has 8 heteroatoms. The number of primary amides is 1. The predicted octanol–water partition coefficient (Wildman–Crippen LogP) is 3.23. The molecule has 1 aliphatic heterocycles. The van der Waals surface area contributed by atoms with E-state index in [0.29, 0.717) is 5.02 Å². The van der Waals surface area contributed by atoms with E-state index < -0.39 is 11.9 Å². The fourth-order valence-electron chi connectivity index (χ4n) is 3.36. The van der Waals surface area contributed by atoms with Gasteiger partial charge in [0.15, 0.2) is 0 Å². The number of aromatic nitrogens is 1. The van der Waals surface area contributed by atoms with E-state index in [1.165, 1.54) is 0 Å². The SMILES string of the molecule is Cc1nc2ccc([C@H](c3ccc(Cl)cc3)N3CC(C(N)=O)NC3=O)cc2s1. The van der Waals surface area contributed by atoms with Crippen LogP contribution < -0.4 is 11.1 Å². The van der Waals surface area contributed by atoms with Gasteiger partial charge in [0.1, 0.15) is 6.04 Å². The zero-order valence-electron chi connectivity index (χ0n) is 14.5. The van der Waals surface area contributed by atoms with Crippen LogP contribution in [0.15, 0.2) is 42.5 Å². The molecule has 3 N–H and O–H groups in total. The number of rotatable bonds is 4. The Kier molecular flexibility index (Phi) is 4.49. The summed E-state index contributed by atoms with van der Waals surface area (Å²) in [6, 6.07) is 11.9. The first-order chi connectivity index (χ1) is 12.9. The van der Waals surface area contributed by atoms with Gasteiger partial charge in [-0.05, 0) is 42.3 Å². The van der Waals surface area contributed by atoms with E-state index in [4.69, 9.17) is 17.3 Å². The van der Waals surface area contributed by atoms with Crippen LogP contribution in [-0.2, 0) is 4.79 Å². The lowest BCUT2D eigenvalue weighted by Gasteiger charge is -2.28. The van der Waals surface area contributed by atoms with E-state index >= 15 is 0 Å². The lowest BCUT2D eigenvalue weighted by molar-refractivity contribution is -0.119. The molecule has 1 fully saturated rings. The number of aryl methyl sites for hydroxylation is 1. The van der Waals surface area contributed by atoms with Crippen LogP contribution in [0.25, 0.3) is 10.2 Å². The van der Waals surface area contributed by atoms with Crippen LogP contribution in [-0.4, -0.2) is 34.4 Å². The first kappa shape index (κ1) is 17.8. The highest BCUT2D eigenvalue weighted by Crippen LogP contribution is 2.34. The van der Waals surface area contributed by atoms with Gasteiger partial charge in [0.25, 0.3) is 0 Å². The van der Waals surface area contributed by atoms with Gasteiger partial charge < -0.3 is 16.0 Å². The Morgan fingerprint density at radius 1 is 1.30 bits per heavy atom. The Bertz CT molecular complexity index is 1030. The van der Waals surface area contributed by atoms with Gasteiger partial charge in [0.05, 0.1) is 27.8 Å². The summed E-state index contributed by atoms with van der Waals surface area (Å²) in [5.74, 6) is -0.547. The fraction of sp³-hybridized carbons (Fsp3) is 0.211. The number of carbonyl (C=O) groups excluding carboxylic acids is 2. The molecule has 2 aromatic carbocycles. The normalized spacial score (nSPS) is 17.9. The number of carbonyl (C=O) groups is 2. The van der Waals surface area contributed by atoms with Crippen molar-refractivity contribution in [2.45, 2.75) is 19.0 Å². The van der Waals surface area contributed by atoms with E-state index in [0.717, 1.165) is 26.4 Å². The minimum Gasteiger partial charge on any atom is -0.368 e. The van der Waals surface area contributed by atoms with Gasteiger partial charge in [0.2, 0.25) is 5.91 Å². The zero-order chi connectivity index (χ0) is 19.1. The highest BCUT2D eigenvalue weighted by molar-refractivity contribution is 7.18. The molecular weight excluding hydrogens is 384 g/mol. The van der Waals surface area contributed by atoms with Crippen molar-refractivity contribution >= 4 is 45.1 Å². The number of urea groups is 1. The van der Waals surface area contributed by atoms with Crippen LogP contribution >= 0.6 is 22.9 Å². The molecule has 2 heterocycles. The number of thiazole rings is 1. The third-order valence-electron chi connectivity index (χ3n) is 4.61. The van der Waals surface area contributed by atoms with Crippen molar-refractivity contribution in [2.24, 2.45) is 5.73 Å². The van der Waals surface area contributed by atoms with Gasteiger partial charge in [-0.25, -0.2) is 9.78 Å². The molecule has 3 aromatic rings. The Morgan fingerprint density at radius 3 is 2.67 bits per heavy atom. The molecule has 27 heavy (non-hydrogen) atoms. The van der Waals surface area contributed by atoms with Crippen molar-refractivity contribution in [3.05, 3.63) is 63.6 Å². The summed E-state index contributed by atoms with van der Waals surface area (Å²) in [7, 11) is 0. The molecular formula is C19H17ClN4O2S. The van der Waals surface area contributed by atoms with E-state index in [9.17, 15) is 9.59 Å². The van der Waals surface area contributed by atoms with Crippen molar-refractivity contribution < 1.29 is 9.59 Å². The number of amides is 3. The standard InChI is InChI=1S/C19H17ClN4O2S/c1-10-22-14-7-4-12(8-16(14)27-10)17(11-2-5-13(20)6-3-11)24-9-15(18(21)25)23-19(24)26/h2-8,15,17H,9H2,1H3,(H2,21,25)(H,23,26)/t15?,17-/m0/s1. The van der Waals surface area contributed by atoms with Crippen LogP contribution in [0, 0.1) is 6.92 Å². The Morgan fingerprint density at radius 2 is 2.00 bits per heavy atom. The molecule has 0 saturated carbocycles. The number of nitrogens with one attached hydrogen (secondary N) is 1. The minimum absolute atomic E-state index is 0.210. The summed E-state index contributed by atoms with van der Waals surface area (Å²) in [5.41, 5.74) is 8.16. The van der Waals surface area contributed by atoms with Crippen molar-refractivity contribution in [2.75, 3.05) is 6.54 Å². The molecule has 0 aliphatic carbocycles. The monoisotopic (exact) mass is 400 g/mol. The van der Waals surface area contributed by atoms with E-state index in [1.807, 2.05) is 37.3 Å². The highest BCUT2D eigenvalue weighted by Gasteiger charge is 2.37. The summed E-state index contributed by atoms with van der Waals surface area (Å²) in [5, 5.41) is 4.25. The topological polar surface area (TPSA) is 88.3 Å². The Balaban J connectivity index is 1.81. The van der Waals surface area contributed by atoms with Gasteiger partial charge in [-0.2, -0.15) is 0 Å². The summed E-state index contributed by atoms with van der Waals surface area (Å²) in [6.45, 7) is 2.17. The summed E-state index contributed by atoms with van der Waals surface area (Å²) >= 11 is 7.64. The Hall–Kier alpha value is -2.64. The first-order valence-electron chi connectivity index (χ1n) is 8.41. The van der Waals surface area contributed by atoms with Gasteiger partial charge in [-0.3, -0.25) is 4.79 Å². The average molecular weight is 401 g/mol. The maximum Gasteiger partial charge on any atom is 0.318 e. The predicted molar refractivity (Wildman–Crippen MR) is 106 cm³/mol. The zero-order valence-corrected chi connectivity index (χ0v) is 16.1. The minimum atomic E-state index is -0.707. The third-order valence-corrected chi connectivity index (χ3v) is 5.80. The molecule has 0 radical (unpaired) electrons. The second-order valence-corrected chi connectivity index (χ2v) is 8.14. The summed E-state index contributed by atoms with van der Waals surface area (Å²) < 4.78 is 1.05. The molecule has 1 aromatic heterocycles. The molecule has 1 unspecified atom stereocenters. The van der Waals surface area contributed by atoms with Crippen molar-refractivity contribution in [3.63, 3.8) is 0 Å². The smallest absolute Gasteiger partial charge is 0.318 e. The van der Waals surface area contributed by atoms with Crippen molar-refractivity contribution in [1.82, 2.24) is 15.2 Å². The molecule has 6 nitrogen and oxygen atoms in total. The van der Waals surface area contributed by atoms with Crippen LogP contribution in [0.1, 0.15) is 22.2 Å². The molecule has 0 spiro atoms. The number of halogens is 1. The van der Waals surface area contributed by atoms with Crippen LogP contribution in [0.5, 0.6) is 0 Å². The molecule has 1 saturated heterocycles. The fourth-order valence-corrected chi connectivity index (χ4v) is 4.37. The maximum absolute atomic E-state index is 12.6. The van der Waals surface area contributed by atoms with Gasteiger partial charge >= 0.3 is 6.03 Å². The lowest BCUT2D eigenvalue weighted by Crippen LogP contribution is -2.39. The quantitative estimate of drug-likeness (QED) is 0.704. The molecule has 3 amide bonds. The number of hydrogen-bond acceptors (Lipinski definition) is 4. The summed E-state index contributed by atoms with van der Waals surface area (Å²) in [4.78, 5) is 30.3. The van der Waals surface area contributed by atoms with Crippen LogP contribution in [0.4, 0.5) is 4.79 Å². The van der Waals surface area contributed by atoms with Gasteiger partial charge in [0, 0.05) is 5.02 Å². The molecule has 138 valence electrons. The molecule has 0 bridgehead atoms. The van der Waals surface area contributed by atoms with Crippen LogP contribution in [0.2, 0.25) is 5.02 Å². The van der Waals surface area contributed by atoms with Crippen LogP contribution in [0.3, 0.4) is 0 Å². The molecule has 2 atom stereocenters. The number of hydrogen-bond donors (Lipinski definition) is 2. The van der Waals surface area contributed by atoms with Gasteiger partial charge in [-0.15, -0.1) is 11.3 Å². The van der Waals surface area contributed by atoms with Crippen molar-refractivity contribution in [3.8, 4) is 0 Å². The van der Waals surface area contributed by atoms with E-state index in [-0.39, 0.29) is 18.6 Å². The average Bonchev–Trinajstić information content (AvgIpc) is 3.19. The van der Waals surface area contributed by atoms with E-state index in [1.54, 1.807) is 28.4 Å². The Labute approximate surface area is 164 Å². The number of nitrogens with two attached hydrogens (primary N) is 1. The van der Waals surface area contributed by atoms with E-state index in [2.05, 4.69) is 10.3 Å².